The molecule has 0 aliphatic heterocycles. The number of unbranched alkanes of at least 4 members (excludes halogenated alkanes) is 1. The van der Waals surface area contributed by atoms with Crippen LogP contribution in [-0.2, 0) is 13.0 Å². The Kier molecular flexibility index (Phi) is 6.01. The van der Waals surface area contributed by atoms with E-state index in [2.05, 4.69) is 22.4 Å². The van der Waals surface area contributed by atoms with E-state index >= 15 is 0 Å². The van der Waals surface area contributed by atoms with E-state index in [1.165, 1.54) is 0 Å². The van der Waals surface area contributed by atoms with Crippen molar-refractivity contribution in [3.63, 3.8) is 0 Å². The zero-order valence-corrected chi connectivity index (χ0v) is 13.2. The van der Waals surface area contributed by atoms with Gasteiger partial charge in [-0.15, -0.1) is 0 Å². The van der Waals surface area contributed by atoms with E-state index in [4.69, 9.17) is 4.74 Å². The normalized spacial score (nSPS) is 10.5. The minimum atomic E-state index is -0.173. The molecule has 0 aliphatic rings. The molecule has 1 aromatic carbocycles. The van der Waals surface area contributed by atoms with Crippen LogP contribution in [0.15, 0.2) is 30.3 Å². The molecular formula is C17H23N3O2. The highest BCUT2D eigenvalue weighted by Gasteiger charge is 2.09. The van der Waals surface area contributed by atoms with E-state index in [1.54, 1.807) is 6.07 Å². The Balaban J connectivity index is 1.88. The first kappa shape index (κ1) is 16.1. The van der Waals surface area contributed by atoms with Crippen LogP contribution in [0.25, 0.3) is 0 Å². The largest absolute Gasteiger partial charge is 0.494 e. The fourth-order valence-electron chi connectivity index (χ4n) is 2.01. The van der Waals surface area contributed by atoms with Crippen molar-refractivity contribution in [2.24, 2.45) is 0 Å². The van der Waals surface area contributed by atoms with Gasteiger partial charge >= 0.3 is 0 Å². The van der Waals surface area contributed by atoms with Crippen LogP contribution in [-0.4, -0.2) is 22.7 Å². The first-order chi connectivity index (χ1) is 10.7. The number of H-pyrrole nitrogens is 1. The maximum absolute atomic E-state index is 12.0. The van der Waals surface area contributed by atoms with Crippen LogP contribution in [0.2, 0.25) is 0 Å². The van der Waals surface area contributed by atoms with E-state index in [-0.39, 0.29) is 5.91 Å². The number of carbonyl (C=O) groups excluding carboxylic acids is 1. The summed E-state index contributed by atoms with van der Waals surface area (Å²) < 4.78 is 5.67. The van der Waals surface area contributed by atoms with E-state index in [0.29, 0.717) is 12.2 Å². The third kappa shape index (κ3) is 4.62. The maximum Gasteiger partial charge on any atom is 0.272 e. The Labute approximate surface area is 131 Å². The molecule has 22 heavy (non-hydrogen) atoms. The highest BCUT2D eigenvalue weighted by atomic mass is 16.5. The number of benzene rings is 1. The van der Waals surface area contributed by atoms with Crippen LogP contribution in [0.4, 0.5) is 0 Å². The Morgan fingerprint density at radius 3 is 2.91 bits per heavy atom. The topological polar surface area (TPSA) is 67.0 Å². The van der Waals surface area contributed by atoms with Gasteiger partial charge in [0.25, 0.3) is 5.91 Å². The number of nitrogens with one attached hydrogen (secondary N) is 2. The lowest BCUT2D eigenvalue weighted by molar-refractivity contribution is 0.0946. The van der Waals surface area contributed by atoms with Gasteiger partial charge in [0.05, 0.1) is 6.61 Å². The fourth-order valence-corrected chi connectivity index (χ4v) is 2.01. The molecule has 0 aliphatic carbocycles. The quantitative estimate of drug-likeness (QED) is 0.736. The van der Waals surface area contributed by atoms with Gasteiger partial charge in [-0.2, -0.15) is 5.10 Å². The molecule has 0 unspecified atom stereocenters. The summed E-state index contributed by atoms with van der Waals surface area (Å²) in [5.74, 6) is 0.668. The standard InChI is InChI=1S/C17H23N3O2/c1-3-5-9-22-15-8-6-7-13(10-15)12-18-17(21)16-11-14(4-2)19-20-16/h6-8,10-11H,3-5,9,12H2,1-2H3,(H,18,21)(H,19,20). The number of nitrogens with zero attached hydrogens (tertiary/aromatic N) is 1. The van der Waals surface area contributed by atoms with E-state index < -0.39 is 0 Å². The summed E-state index contributed by atoms with van der Waals surface area (Å²) in [5.41, 5.74) is 2.39. The molecule has 5 nitrogen and oxygen atoms in total. The third-order valence-corrected chi connectivity index (χ3v) is 3.36. The van der Waals surface area contributed by atoms with Crippen molar-refractivity contribution in [2.45, 2.75) is 39.7 Å². The minimum Gasteiger partial charge on any atom is -0.494 e. The summed E-state index contributed by atoms with van der Waals surface area (Å²) in [5, 5.41) is 9.72. The lowest BCUT2D eigenvalue weighted by atomic mass is 10.2. The summed E-state index contributed by atoms with van der Waals surface area (Å²) >= 11 is 0. The van der Waals surface area contributed by atoms with Crippen LogP contribution < -0.4 is 10.1 Å². The maximum atomic E-state index is 12.0. The van der Waals surface area contributed by atoms with Gasteiger partial charge in [-0.05, 0) is 36.6 Å². The first-order valence-electron chi connectivity index (χ1n) is 7.77. The number of rotatable bonds is 8. The van der Waals surface area contributed by atoms with Crippen LogP contribution in [0, 0.1) is 0 Å². The second-order valence-electron chi connectivity index (χ2n) is 5.16. The van der Waals surface area contributed by atoms with Gasteiger partial charge in [-0.3, -0.25) is 9.89 Å². The van der Waals surface area contributed by atoms with Crippen molar-refractivity contribution < 1.29 is 9.53 Å². The van der Waals surface area contributed by atoms with E-state index in [1.807, 2.05) is 31.2 Å². The third-order valence-electron chi connectivity index (χ3n) is 3.36. The molecule has 0 saturated carbocycles. The molecule has 0 fully saturated rings. The van der Waals surface area contributed by atoms with Gasteiger partial charge in [0.2, 0.25) is 0 Å². The van der Waals surface area contributed by atoms with Crippen LogP contribution >= 0.6 is 0 Å². The summed E-state index contributed by atoms with van der Waals surface area (Å²) in [6.45, 7) is 5.32. The number of amides is 1. The van der Waals surface area contributed by atoms with Crippen molar-refractivity contribution in [3.05, 3.63) is 47.3 Å². The first-order valence-corrected chi connectivity index (χ1v) is 7.77. The lowest BCUT2D eigenvalue weighted by Crippen LogP contribution is -2.23. The Morgan fingerprint density at radius 2 is 2.18 bits per heavy atom. The van der Waals surface area contributed by atoms with Gasteiger partial charge in [-0.1, -0.05) is 32.4 Å². The predicted molar refractivity (Wildman–Crippen MR) is 86.0 cm³/mol. The van der Waals surface area contributed by atoms with E-state index in [9.17, 15) is 4.79 Å². The summed E-state index contributed by atoms with van der Waals surface area (Å²) in [7, 11) is 0. The summed E-state index contributed by atoms with van der Waals surface area (Å²) in [4.78, 5) is 12.0. The monoisotopic (exact) mass is 301 g/mol. The molecular weight excluding hydrogens is 278 g/mol. The number of carbonyl (C=O) groups is 1. The van der Waals surface area contributed by atoms with Crippen molar-refractivity contribution in [2.75, 3.05) is 6.61 Å². The minimum absolute atomic E-state index is 0.173. The molecule has 118 valence electrons. The van der Waals surface area contributed by atoms with Crippen molar-refractivity contribution in [1.29, 1.82) is 0 Å². The van der Waals surface area contributed by atoms with Gasteiger partial charge in [0.1, 0.15) is 11.4 Å². The van der Waals surface area contributed by atoms with Gasteiger partial charge in [0.15, 0.2) is 0 Å². The number of aryl methyl sites for hydroxylation is 1. The summed E-state index contributed by atoms with van der Waals surface area (Å²) in [6, 6.07) is 9.57. The zero-order chi connectivity index (χ0) is 15.8. The van der Waals surface area contributed by atoms with Crippen LogP contribution in [0.1, 0.15) is 48.4 Å². The molecule has 1 aromatic heterocycles. The smallest absolute Gasteiger partial charge is 0.272 e. The van der Waals surface area contributed by atoms with E-state index in [0.717, 1.165) is 42.9 Å². The van der Waals surface area contributed by atoms with Crippen molar-refractivity contribution in [1.82, 2.24) is 15.5 Å². The van der Waals surface area contributed by atoms with Gasteiger partial charge < -0.3 is 10.1 Å². The molecule has 1 amide bonds. The average Bonchev–Trinajstić information content (AvgIpc) is 3.02. The average molecular weight is 301 g/mol. The molecule has 0 atom stereocenters. The molecule has 2 N–H and O–H groups in total. The highest BCUT2D eigenvalue weighted by Crippen LogP contribution is 2.14. The molecule has 2 rings (SSSR count). The Hall–Kier alpha value is -2.30. The second-order valence-corrected chi connectivity index (χ2v) is 5.16. The summed E-state index contributed by atoms with van der Waals surface area (Å²) in [6.07, 6.45) is 2.98. The molecule has 0 radical (unpaired) electrons. The zero-order valence-electron chi connectivity index (χ0n) is 13.2. The highest BCUT2D eigenvalue weighted by molar-refractivity contribution is 5.92. The second kappa shape index (κ2) is 8.22. The Bertz CT molecular complexity index is 607. The lowest BCUT2D eigenvalue weighted by Gasteiger charge is -2.08. The predicted octanol–water partition coefficient (Wildman–Crippen LogP) is 3.08. The van der Waals surface area contributed by atoms with Crippen LogP contribution in [0.3, 0.4) is 0 Å². The van der Waals surface area contributed by atoms with Crippen molar-refractivity contribution in [3.8, 4) is 5.75 Å². The molecule has 5 heteroatoms. The number of ether oxygens (including phenoxy) is 1. The van der Waals surface area contributed by atoms with Crippen LogP contribution in [0.5, 0.6) is 5.75 Å². The van der Waals surface area contributed by atoms with Gasteiger partial charge in [-0.25, -0.2) is 0 Å². The Morgan fingerprint density at radius 1 is 1.32 bits per heavy atom. The molecule has 0 spiro atoms. The molecule has 2 aromatic rings. The number of hydrogen-bond donors (Lipinski definition) is 2. The number of aromatic amines is 1. The fraction of sp³-hybridized carbons (Fsp3) is 0.412. The molecule has 1 heterocycles. The number of hydrogen-bond acceptors (Lipinski definition) is 3. The van der Waals surface area contributed by atoms with Gasteiger partial charge in [0, 0.05) is 12.2 Å². The van der Waals surface area contributed by atoms with Crippen molar-refractivity contribution >= 4 is 5.91 Å². The number of aromatic nitrogens is 2. The molecule has 0 bridgehead atoms. The SMILES string of the molecule is CCCCOc1cccc(CNC(=O)c2cc(CC)[nH]n2)c1. The molecule has 0 saturated heterocycles.